The normalized spacial score (nSPS) is 13.8. The fourth-order valence-corrected chi connectivity index (χ4v) is 2.55. The zero-order valence-electron chi connectivity index (χ0n) is 12.9. The average Bonchev–Trinajstić information content (AvgIpc) is 2.26. The van der Waals surface area contributed by atoms with E-state index in [9.17, 15) is 14.7 Å². The highest BCUT2D eigenvalue weighted by Gasteiger charge is 2.45. The van der Waals surface area contributed by atoms with Crippen LogP contribution in [-0.4, -0.2) is 23.7 Å². The predicted molar refractivity (Wildman–Crippen MR) is 74.8 cm³/mol. The fraction of sp³-hybridized carbons (Fsp3) is 0.733. The van der Waals surface area contributed by atoms with Gasteiger partial charge in [0, 0.05) is 0 Å². The number of allylic oxidation sites excluding steroid dienone is 1. The summed E-state index contributed by atoms with van der Waals surface area (Å²) in [5.41, 5.74) is -0.138. The van der Waals surface area contributed by atoms with Gasteiger partial charge in [-0.25, -0.2) is 4.79 Å². The lowest BCUT2D eigenvalue weighted by atomic mass is 9.70. The first kappa shape index (κ1) is 17.7. The molecule has 0 rings (SSSR count). The van der Waals surface area contributed by atoms with Gasteiger partial charge in [0.1, 0.15) is 0 Å². The van der Waals surface area contributed by atoms with Gasteiger partial charge in [-0.05, 0) is 39.5 Å². The van der Waals surface area contributed by atoms with Crippen molar-refractivity contribution in [2.75, 3.05) is 6.61 Å². The van der Waals surface area contributed by atoms with E-state index in [1.807, 2.05) is 13.8 Å². The van der Waals surface area contributed by atoms with E-state index in [1.165, 1.54) is 0 Å². The largest absolute Gasteiger partial charge is 0.481 e. The molecular formula is C15H26O4. The van der Waals surface area contributed by atoms with E-state index in [-0.39, 0.29) is 12.5 Å². The van der Waals surface area contributed by atoms with E-state index in [4.69, 9.17) is 4.74 Å². The Morgan fingerprint density at radius 1 is 1.21 bits per heavy atom. The molecule has 0 radical (unpaired) electrons. The minimum atomic E-state index is -1.15. The van der Waals surface area contributed by atoms with Crippen LogP contribution in [-0.2, 0) is 14.3 Å². The van der Waals surface area contributed by atoms with Gasteiger partial charge in [0.25, 0.3) is 0 Å². The van der Waals surface area contributed by atoms with Gasteiger partial charge >= 0.3 is 11.9 Å². The molecule has 0 aromatic heterocycles. The Morgan fingerprint density at radius 3 is 2.00 bits per heavy atom. The van der Waals surface area contributed by atoms with Crippen LogP contribution in [0.5, 0.6) is 0 Å². The Kier molecular flexibility index (Phi) is 6.81. The van der Waals surface area contributed by atoms with Gasteiger partial charge in [-0.2, -0.15) is 0 Å². The number of rotatable bonds is 7. The van der Waals surface area contributed by atoms with Gasteiger partial charge in [0.2, 0.25) is 0 Å². The Labute approximate surface area is 115 Å². The van der Waals surface area contributed by atoms with Crippen LogP contribution < -0.4 is 0 Å². The molecule has 1 unspecified atom stereocenters. The van der Waals surface area contributed by atoms with Gasteiger partial charge in [0.05, 0.1) is 17.6 Å². The number of esters is 1. The van der Waals surface area contributed by atoms with E-state index >= 15 is 0 Å². The van der Waals surface area contributed by atoms with Gasteiger partial charge in [-0.15, -0.1) is 0 Å². The van der Waals surface area contributed by atoms with E-state index in [1.54, 1.807) is 27.7 Å². The van der Waals surface area contributed by atoms with Crippen molar-refractivity contribution in [1.82, 2.24) is 0 Å². The summed E-state index contributed by atoms with van der Waals surface area (Å²) in [7, 11) is 0. The second-order valence-corrected chi connectivity index (χ2v) is 5.43. The molecule has 0 heterocycles. The molecule has 0 saturated heterocycles. The van der Waals surface area contributed by atoms with Crippen molar-refractivity contribution in [2.45, 2.75) is 54.4 Å². The third-order valence-electron chi connectivity index (χ3n) is 3.23. The van der Waals surface area contributed by atoms with Crippen molar-refractivity contribution < 1.29 is 19.4 Å². The van der Waals surface area contributed by atoms with E-state index in [0.29, 0.717) is 24.0 Å². The maximum absolute atomic E-state index is 12.1. The third kappa shape index (κ3) is 4.08. The number of hydrogen-bond acceptors (Lipinski definition) is 3. The lowest BCUT2D eigenvalue weighted by Crippen LogP contribution is -2.38. The van der Waals surface area contributed by atoms with Crippen LogP contribution in [0.15, 0.2) is 11.1 Å². The molecule has 0 fully saturated rings. The number of aliphatic carboxylic acids is 1. The summed E-state index contributed by atoms with van der Waals surface area (Å²) in [5.74, 6) is -1.28. The molecule has 110 valence electrons. The highest BCUT2D eigenvalue weighted by molar-refractivity contribution is 5.98. The highest BCUT2D eigenvalue weighted by Crippen LogP contribution is 2.40. The van der Waals surface area contributed by atoms with Crippen molar-refractivity contribution in [3.05, 3.63) is 11.1 Å². The molecule has 0 aromatic carbocycles. The smallest absolute Gasteiger partial charge is 0.335 e. The maximum atomic E-state index is 12.1. The number of carboxylic acid groups (broad SMARTS) is 1. The van der Waals surface area contributed by atoms with Crippen LogP contribution in [0, 0.1) is 11.3 Å². The molecule has 0 amide bonds. The number of hydrogen-bond donors (Lipinski definition) is 1. The molecule has 0 aliphatic carbocycles. The zero-order valence-corrected chi connectivity index (χ0v) is 12.9. The number of carboxylic acids is 1. The number of carbonyl (C=O) groups excluding carboxylic acids is 1. The van der Waals surface area contributed by atoms with Crippen molar-refractivity contribution in [3.63, 3.8) is 0 Å². The minimum Gasteiger partial charge on any atom is -0.481 e. The monoisotopic (exact) mass is 270 g/mol. The molecule has 19 heavy (non-hydrogen) atoms. The average molecular weight is 270 g/mol. The van der Waals surface area contributed by atoms with Crippen molar-refractivity contribution in [1.29, 1.82) is 0 Å². The minimum absolute atomic E-state index is 0.180. The van der Waals surface area contributed by atoms with Crippen LogP contribution in [0.25, 0.3) is 0 Å². The summed E-state index contributed by atoms with van der Waals surface area (Å²) in [5, 5.41) is 9.67. The molecule has 0 saturated carbocycles. The Morgan fingerprint density at radius 2 is 1.74 bits per heavy atom. The molecule has 1 N–H and O–H groups in total. The standard InChI is InChI=1S/C15H26O4/c1-7-15(14(17)18,9-10(3)4)12(11(5)6)13(16)19-8-2/h10H,7-9H2,1-6H3,(H,17,18). The molecule has 0 aromatic rings. The van der Waals surface area contributed by atoms with Gasteiger partial charge in [-0.3, -0.25) is 4.79 Å². The quantitative estimate of drug-likeness (QED) is 0.568. The Bertz CT molecular complexity index is 364. The van der Waals surface area contributed by atoms with Crippen LogP contribution >= 0.6 is 0 Å². The topological polar surface area (TPSA) is 63.6 Å². The second kappa shape index (κ2) is 7.31. The molecular weight excluding hydrogens is 244 g/mol. The van der Waals surface area contributed by atoms with E-state index in [0.717, 1.165) is 0 Å². The van der Waals surface area contributed by atoms with Crippen LogP contribution in [0.3, 0.4) is 0 Å². The molecule has 0 aliphatic heterocycles. The summed E-state index contributed by atoms with van der Waals surface area (Å²) in [6.07, 6.45) is 0.804. The first-order valence-corrected chi connectivity index (χ1v) is 6.81. The van der Waals surface area contributed by atoms with Crippen LogP contribution in [0.2, 0.25) is 0 Å². The summed E-state index contributed by atoms with van der Waals surface area (Å²) >= 11 is 0. The number of ether oxygens (including phenoxy) is 1. The van der Waals surface area contributed by atoms with E-state index < -0.39 is 17.4 Å². The van der Waals surface area contributed by atoms with Crippen molar-refractivity contribution in [3.8, 4) is 0 Å². The first-order chi connectivity index (χ1) is 8.72. The fourth-order valence-electron chi connectivity index (χ4n) is 2.55. The molecule has 4 nitrogen and oxygen atoms in total. The second-order valence-electron chi connectivity index (χ2n) is 5.43. The Balaban J connectivity index is 5.85. The summed E-state index contributed by atoms with van der Waals surface area (Å²) < 4.78 is 5.04. The van der Waals surface area contributed by atoms with Crippen LogP contribution in [0.4, 0.5) is 0 Å². The summed E-state index contributed by atoms with van der Waals surface area (Å²) in [6, 6.07) is 0. The lowest BCUT2D eigenvalue weighted by Gasteiger charge is -2.32. The highest BCUT2D eigenvalue weighted by atomic mass is 16.5. The summed E-state index contributed by atoms with van der Waals surface area (Å²) in [4.78, 5) is 23.9. The van der Waals surface area contributed by atoms with Gasteiger partial charge in [0.15, 0.2) is 0 Å². The lowest BCUT2D eigenvalue weighted by molar-refractivity contribution is -0.152. The van der Waals surface area contributed by atoms with Gasteiger partial charge < -0.3 is 9.84 Å². The predicted octanol–water partition coefficient (Wildman–Crippen LogP) is 3.41. The molecule has 0 bridgehead atoms. The molecule has 1 atom stereocenters. The Hall–Kier alpha value is -1.32. The maximum Gasteiger partial charge on any atom is 0.335 e. The summed E-state index contributed by atoms with van der Waals surface area (Å²) in [6.45, 7) is 11.2. The number of carbonyl (C=O) groups is 2. The van der Waals surface area contributed by atoms with Crippen LogP contribution in [0.1, 0.15) is 54.4 Å². The van der Waals surface area contributed by atoms with E-state index in [2.05, 4.69) is 0 Å². The SMILES string of the molecule is CCOC(=O)C(=C(C)C)C(CC)(CC(C)C)C(=O)O. The molecule has 0 aliphatic rings. The molecule has 4 heteroatoms. The van der Waals surface area contributed by atoms with Gasteiger partial charge in [-0.1, -0.05) is 26.3 Å². The first-order valence-electron chi connectivity index (χ1n) is 6.81. The third-order valence-corrected chi connectivity index (χ3v) is 3.23. The van der Waals surface area contributed by atoms with Crippen molar-refractivity contribution in [2.24, 2.45) is 11.3 Å². The molecule has 0 spiro atoms. The van der Waals surface area contributed by atoms with Crippen molar-refractivity contribution >= 4 is 11.9 Å². The zero-order chi connectivity index (χ0) is 15.2.